The summed E-state index contributed by atoms with van der Waals surface area (Å²) in [5, 5.41) is 8.98. The van der Waals surface area contributed by atoms with E-state index >= 15 is 0 Å². The van der Waals surface area contributed by atoms with E-state index < -0.39 is 0 Å². The fourth-order valence-corrected chi connectivity index (χ4v) is 3.87. The van der Waals surface area contributed by atoms with Crippen molar-refractivity contribution < 1.29 is 0 Å². The van der Waals surface area contributed by atoms with Gasteiger partial charge in [0.2, 0.25) is 0 Å². The van der Waals surface area contributed by atoms with Crippen molar-refractivity contribution in [1.82, 2.24) is 0 Å². The van der Waals surface area contributed by atoms with Gasteiger partial charge >= 0.3 is 0 Å². The molecule has 1 aliphatic rings. The lowest BCUT2D eigenvalue weighted by Gasteiger charge is -2.41. The molecule has 0 spiro atoms. The molecular weight excluding hydrogens is 314 g/mol. The Kier molecular flexibility index (Phi) is 5.45. The molecule has 20 heavy (non-hydrogen) atoms. The number of halogens is 1. The maximum absolute atomic E-state index is 8.98. The zero-order chi connectivity index (χ0) is 14.5. The van der Waals surface area contributed by atoms with Crippen LogP contribution in [0.3, 0.4) is 0 Å². The first-order valence-corrected chi connectivity index (χ1v) is 8.17. The first-order chi connectivity index (χ1) is 9.71. The average Bonchev–Trinajstić information content (AvgIpc) is 2.50. The summed E-state index contributed by atoms with van der Waals surface area (Å²) in [7, 11) is 0. The normalized spacial score (nSPS) is 22.3. The van der Waals surface area contributed by atoms with E-state index in [1.165, 1.54) is 31.4 Å². The zero-order valence-electron chi connectivity index (χ0n) is 12.0. The number of hydrogen-bond donors (Lipinski definition) is 1. The predicted molar refractivity (Wildman–Crippen MR) is 86.7 cm³/mol. The van der Waals surface area contributed by atoms with E-state index in [1.807, 2.05) is 18.2 Å². The lowest BCUT2D eigenvalue weighted by atomic mass is 9.83. The summed E-state index contributed by atoms with van der Waals surface area (Å²) in [5.74, 6) is 0.575. The highest BCUT2D eigenvalue weighted by atomic mass is 79.9. The second-order valence-electron chi connectivity index (χ2n) is 5.41. The van der Waals surface area contributed by atoms with Crippen molar-refractivity contribution >= 4 is 21.6 Å². The van der Waals surface area contributed by atoms with Gasteiger partial charge in [0.1, 0.15) is 0 Å². The van der Waals surface area contributed by atoms with Gasteiger partial charge in [0.25, 0.3) is 0 Å². The van der Waals surface area contributed by atoms with Crippen LogP contribution >= 0.6 is 15.9 Å². The molecule has 0 amide bonds. The summed E-state index contributed by atoms with van der Waals surface area (Å²) in [5.41, 5.74) is 7.83. The molecule has 1 aromatic carbocycles. The summed E-state index contributed by atoms with van der Waals surface area (Å²) >= 11 is 3.61. The van der Waals surface area contributed by atoms with Gasteiger partial charge in [-0.1, -0.05) is 12.8 Å². The van der Waals surface area contributed by atoms with Crippen LogP contribution in [0.15, 0.2) is 22.7 Å². The Morgan fingerprint density at radius 3 is 2.75 bits per heavy atom. The number of nitrogens with two attached hydrogens (primary N) is 1. The number of benzene rings is 1. The molecule has 1 aromatic rings. The van der Waals surface area contributed by atoms with Crippen molar-refractivity contribution in [1.29, 1.82) is 5.26 Å². The van der Waals surface area contributed by atoms with Crippen LogP contribution in [0, 0.1) is 17.2 Å². The van der Waals surface area contributed by atoms with E-state index in [2.05, 4.69) is 33.8 Å². The molecule has 0 aliphatic heterocycles. The molecular formula is C16H22BrN3. The highest BCUT2D eigenvalue weighted by Crippen LogP contribution is 2.35. The van der Waals surface area contributed by atoms with E-state index in [0.29, 0.717) is 17.5 Å². The van der Waals surface area contributed by atoms with Crippen LogP contribution in [-0.4, -0.2) is 19.1 Å². The minimum atomic E-state index is 0.517. The third kappa shape index (κ3) is 3.16. The topological polar surface area (TPSA) is 53.0 Å². The van der Waals surface area contributed by atoms with Crippen LogP contribution in [0.5, 0.6) is 0 Å². The molecule has 0 aromatic heterocycles. The molecule has 3 nitrogen and oxygen atoms in total. The number of hydrogen-bond acceptors (Lipinski definition) is 3. The molecule has 1 aliphatic carbocycles. The minimum Gasteiger partial charge on any atom is -0.368 e. The minimum absolute atomic E-state index is 0.517. The molecule has 0 radical (unpaired) electrons. The molecule has 108 valence electrons. The van der Waals surface area contributed by atoms with Crippen LogP contribution in [0.1, 0.15) is 38.2 Å². The predicted octanol–water partition coefficient (Wildman–Crippen LogP) is 3.66. The van der Waals surface area contributed by atoms with E-state index in [1.54, 1.807) is 0 Å². The molecule has 0 heterocycles. The van der Waals surface area contributed by atoms with Gasteiger partial charge in [-0.3, -0.25) is 0 Å². The number of anilines is 1. The molecule has 2 N–H and O–H groups in total. The van der Waals surface area contributed by atoms with Crippen LogP contribution in [0.25, 0.3) is 0 Å². The molecule has 2 unspecified atom stereocenters. The molecule has 1 saturated carbocycles. The van der Waals surface area contributed by atoms with Gasteiger partial charge in [0, 0.05) is 17.1 Å². The maximum atomic E-state index is 8.98. The quantitative estimate of drug-likeness (QED) is 0.913. The Hall–Kier alpha value is -1.05. The molecule has 0 bridgehead atoms. The largest absolute Gasteiger partial charge is 0.368 e. The van der Waals surface area contributed by atoms with Gasteiger partial charge in [0.05, 0.1) is 17.3 Å². The number of rotatable bonds is 4. The van der Waals surface area contributed by atoms with Crippen LogP contribution in [-0.2, 0) is 0 Å². The molecule has 4 heteroatoms. The standard InChI is InChI=1S/C16H22BrN3/c1-2-20(15-6-4-3-5-13(15)11-19)16-8-7-12(10-18)9-14(16)17/h7-9,13,15H,2-6,11,19H2,1H3. The van der Waals surface area contributed by atoms with Crippen molar-refractivity contribution in [3.63, 3.8) is 0 Å². The summed E-state index contributed by atoms with van der Waals surface area (Å²) in [6.45, 7) is 3.91. The van der Waals surface area contributed by atoms with Crippen molar-refractivity contribution in [2.75, 3.05) is 18.0 Å². The van der Waals surface area contributed by atoms with E-state index in [-0.39, 0.29) is 0 Å². The highest BCUT2D eigenvalue weighted by Gasteiger charge is 2.29. The SMILES string of the molecule is CCN(c1ccc(C#N)cc1Br)C1CCCCC1CN. The fraction of sp³-hybridized carbons (Fsp3) is 0.562. The van der Waals surface area contributed by atoms with E-state index in [9.17, 15) is 0 Å². The fourth-order valence-electron chi connectivity index (χ4n) is 3.27. The van der Waals surface area contributed by atoms with Gasteiger partial charge in [-0.2, -0.15) is 5.26 Å². The van der Waals surface area contributed by atoms with E-state index in [4.69, 9.17) is 11.0 Å². The third-order valence-electron chi connectivity index (χ3n) is 4.30. The van der Waals surface area contributed by atoms with Crippen LogP contribution in [0.4, 0.5) is 5.69 Å². The lowest BCUT2D eigenvalue weighted by Crippen LogP contribution is -2.45. The van der Waals surface area contributed by atoms with Crippen LogP contribution in [0.2, 0.25) is 0 Å². The molecule has 0 saturated heterocycles. The average molecular weight is 336 g/mol. The van der Waals surface area contributed by atoms with Crippen molar-refractivity contribution in [2.45, 2.75) is 38.6 Å². The van der Waals surface area contributed by atoms with Crippen molar-refractivity contribution in [3.05, 3.63) is 28.2 Å². The maximum Gasteiger partial charge on any atom is 0.0992 e. The second-order valence-corrected chi connectivity index (χ2v) is 6.27. The van der Waals surface area contributed by atoms with Gasteiger partial charge < -0.3 is 10.6 Å². The third-order valence-corrected chi connectivity index (χ3v) is 4.93. The molecule has 1 fully saturated rings. The summed E-state index contributed by atoms with van der Waals surface area (Å²) in [6.07, 6.45) is 5.02. The molecule has 2 atom stereocenters. The van der Waals surface area contributed by atoms with Gasteiger partial charge in [-0.05, 0) is 66.4 Å². The smallest absolute Gasteiger partial charge is 0.0992 e. The number of nitrogens with zero attached hydrogens (tertiary/aromatic N) is 2. The van der Waals surface area contributed by atoms with E-state index in [0.717, 1.165) is 17.6 Å². The highest BCUT2D eigenvalue weighted by molar-refractivity contribution is 9.10. The Morgan fingerprint density at radius 2 is 2.15 bits per heavy atom. The Labute approximate surface area is 129 Å². The first-order valence-electron chi connectivity index (χ1n) is 7.37. The van der Waals surface area contributed by atoms with Gasteiger partial charge in [0.15, 0.2) is 0 Å². The number of nitriles is 1. The van der Waals surface area contributed by atoms with Gasteiger partial charge in [-0.15, -0.1) is 0 Å². The van der Waals surface area contributed by atoms with Crippen LogP contribution < -0.4 is 10.6 Å². The zero-order valence-corrected chi connectivity index (χ0v) is 13.6. The van der Waals surface area contributed by atoms with Gasteiger partial charge in [-0.25, -0.2) is 0 Å². The monoisotopic (exact) mass is 335 g/mol. The Morgan fingerprint density at radius 1 is 1.40 bits per heavy atom. The van der Waals surface area contributed by atoms with Crippen molar-refractivity contribution in [3.8, 4) is 6.07 Å². The first kappa shape index (κ1) is 15.3. The Balaban J connectivity index is 2.29. The van der Waals surface area contributed by atoms with Crippen molar-refractivity contribution in [2.24, 2.45) is 11.7 Å². The molecule has 2 rings (SSSR count). The lowest BCUT2D eigenvalue weighted by molar-refractivity contribution is 0.300. The Bertz CT molecular complexity index is 495. The second kappa shape index (κ2) is 7.10. The summed E-state index contributed by atoms with van der Waals surface area (Å²) in [6, 6.07) is 8.54. The summed E-state index contributed by atoms with van der Waals surface area (Å²) in [4.78, 5) is 2.45. The summed E-state index contributed by atoms with van der Waals surface area (Å²) < 4.78 is 1.000.